The summed E-state index contributed by atoms with van der Waals surface area (Å²) < 4.78 is 5.10. The van der Waals surface area contributed by atoms with E-state index in [2.05, 4.69) is 17.4 Å². The number of methoxy groups -OCH3 is 1. The summed E-state index contributed by atoms with van der Waals surface area (Å²) in [6.07, 6.45) is 0. The molecule has 3 heteroatoms. The summed E-state index contributed by atoms with van der Waals surface area (Å²) >= 11 is 0. The summed E-state index contributed by atoms with van der Waals surface area (Å²) in [4.78, 5) is 0. The van der Waals surface area contributed by atoms with Gasteiger partial charge in [-0.15, -0.1) is 0 Å². The maximum Gasteiger partial charge on any atom is 0.0716 e. The Morgan fingerprint density at radius 2 is 2.00 bits per heavy atom. The van der Waals surface area contributed by atoms with Gasteiger partial charge in [-0.2, -0.15) is 0 Å². The zero-order chi connectivity index (χ0) is 10.2. The third-order valence-electron chi connectivity index (χ3n) is 2.02. The van der Waals surface area contributed by atoms with Crippen LogP contribution in [-0.2, 0) is 17.9 Å². The number of hydrogen-bond donors (Lipinski definition) is 2. The van der Waals surface area contributed by atoms with Gasteiger partial charge in [0.25, 0.3) is 0 Å². The van der Waals surface area contributed by atoms with E-state index in [9.17, 15) is 0 Å². The Morgan fingerprint density at radius 1 is 1.29 bits per heavy atom. The second kappa shape index (κ2) is 6.54. The minimum absolute atomic E-state index is 0.173. The van der Waals surface area contributed by atoms with Crippen LogP contribution in [-0.4, -0.2) is 25.4 Å². The molecule has 0 atom stereocenters. The number of aliphatic hydroxyl groups is 1. The van der Waals surface area contributed by atoms with Crippen molar-refractivity contribution in [3.8, 4) is 0 Å². The first-order valence-corrected chi connectivity index (χ1v) is 4.75. The molecule has 0 aromatic heterocycles. The molecule has 0 heterocycles. The molecule has 0 amide bonds. The van der Waals surface area contributed by atoms with Crippen LogP contribution < -0.4 is 5.32 Å². The van der Waals surface area contributed by atoms with Gasteiger partial charge in [-0.1, -0.05) is 24.3 Å². The SMILES string of the molecule is COCc1ccccc1CNCCO. The van der Waals surface area contributed by atoms with E-state index in [1.54, 1.807) is 7.11 Å². The fraction of sp³-hybridized carbons (Fsp3) is 0.455. The molecule has 0 spiro atoms. The predicted molar refractivity (Wildman–Crippen MR) is 55.9 cm³/mol. The average Bonchev–Trinajstić information content (AvgIpc) is 2.21. The monoisotopic (exact) mass is 195 g/mol. The van der Waals surface area contributed by atoms with E-state index in [1.807, 2.05) is 12.1 Å². The fourth-order valence-corrected chi connectivity index (χ4v) is 1.33. The summed E-state index contributed by atoms with van der Waals surface area (Å²) in [6, 6.07) is 8.14. The quantitative estimate of drug-likeness (QED) is 0.663. The number of hydrogen-bond acceptors (Lipinski definition) is 3. The lowest BCUT2D eigenvalue weighted by Gasteiger charge is -2.08. The zero-order valence-corrected chi connectivity index (χ0v) is 8.49. The summed E-state index contributed by atoms with van der Waals surface area (Å²) in [6.45, 7) is 2.21. The van der Waals surface area contributed by atoms with Crippen LogP contribution >= 0.6 is 0 Å². The minimum atomic E-state index is 0.173. The Morgan fingerprint density at radius 3 is 2.64 bits per heavy atom. The predicted octanol–water partition coefficient (Wildman–Crippen LogP) is 0.915. The molecular formula is C11H17NO2. The molecule has 14 heavy (non-hydrogen) atoms. The van der Waals surface area contributed by atoms with Crippen molar-refractivity contribution < 1.29 is 9.84 Å². The van der Waals surface area contributed by atoms with Gasteiger partial charge in [0.2, 0.25) is 0 Å². The van der Waals surface area contributed by atoms with Crippen molar-refractivity contribution in [1.82, 2.24) is 5.32 Å². The van der Waals surface area contributed by atoms with Crippen LogP contribution in [0.4, 0.5) is 0 Å². The first-order chi connectivity index (χ1) is 6.88. The van der Waals surface area contributed by atoms with Crippen LogP contribution in [0.2, 0.25) is 0 Å². The number of aliphatic hydroxyl groups excluding tert-OH is 1. The second-order valence-electron chi connectivity index (χ2n) is 3.10. The third kappa shape index (κ3) is 3.46. The molecule has 1 aromatic carbocycles. The highest BCUT2D eigenvalue weighted by molar-refractivity contribution is 5.26. The maximum absolute atomic E-state index is 8.63. The summed E-state index contributed by atoms with van der Waals surface area (Å²) in [5.74, 6) is 0. The van der Waals surface area contributed by atoms with Crippen LogP contribution in [0.1, 0.15) is 11.1 Å². The van der Waals surface area contributed by atoms with Crippen molar-refractivity contribution in [3.63, 3.8) is 0 Å². The number of ether oxygens (including phenoxy) is 1. The van der Waals surface area contributed by atoms with Crippen molar-refractivity contribution in [2.24, 2.45) is 0 Å². The van der Waals surface area contributed by atoms with E-state index < -0.39 is 0 Å². The van der Waals surface area contributed by atoms with Gasteiger partial charge >= 0.3 is 0 Å². The highest BCUT2D eigenvalue weighted by atomic mass is 16.5. The molecule has 0 aliphatic heterocycles. The van der Waals surface area contributed by atoms with Gasteiger partial charge in [0.1, 0.15) is 0 Å². The Labute approximate surface area is 84.7 Å². The van der Waals surface area contributed by atoms with Crippen LogP contribution in [0.25, 0.3) is 0 Å². The molecule has 0 saturated carbocycles. The molecule has 0 radical (unpaired) electrons. The van der Waals surface area contributed by atoms with Gasteiger partial charge in [-0.3, -0.25) is 0 Å². The molecule has 78 valence electrons. The number of benzene rings is 1. The Bertz CT molecular complexity index is 263. The van der Waals surface area contributed by atoms with Gasteiger partial charge in [0.05, 0.1) is 13.2 Å². The maximum atomic E-state index is 8.63. The Kier molecular flexibility index (Phi) is 5.22. The standard InChI is InChI=1S/C11H17NO2/c1-14-9-11-5-3-2-4-10(11)8-12-6-7-13/h2-5,12-13H,6-9H2,1H3. The number of nitrogens with one attached hydrogen (secondary N) is 1. The van der Waals surface area contributed by atoms with Crippen molar-refractivity contribution in [2.75, 3.05) is 20.3 Å². The summed E-state index contributed by atoms with van der Waals surface area (Å²) in [5, 5.41) is 11.8. The first kappa shape index (κ1) is 11.2. The minimum Gasteiger partial charge on any atom is -0.395 e. The summed E-state index contributed by atoms with van der Waals surface area (Å²) in [7, 11) is 1.69. The van der Waals surface area contributed by atoms with Gasteiger partial charge in [0, 0.05) is 20.2 Å². The van der Waals surface area contributed by atoms with E-state index in [1.165, 1.54) is 11.1 Å². The van der Waals surface area contributed by atoms with E-state index in [-0.39, 0.29) is 6.61 Å². The molecule has 0 unspecified atom stereocenters. The lowest BCUT2D eigenvalue weighted by atomic mass is 10.1. The molecule has 0 aliphatic carbocycles. The third-order valence-corrected chi connectivity index (χ3v) is 2.02. The molecule has 2 N–H and O–H groups in total. The lowest BCUT2D eigenvalue weighted by Crippen LogP contribution is -2.18. The topological polar surface area (TPSA) is 41.5 Å². The number of rotatable bonds is 6. The normalized spacial score (nSPS) is 10.4. The van der Waals surface area contributed by atoms with Crippen LogP contribution in [0.5, 0.6) is 0 Å². The van der Waals surface area contributed by atoms with E-state index in [0.717, 1.165) is 6.54 Å². The van der Waals surface area contributed by atoms with Crippen LogP contribution in [0.3, 0.4) is 0 Å². The highest BCUT2D eigenvalue weighted by Crippen LogP contribution is 2.09. The second-order valence-corrected chi connectivity index (χ2v) is 3.10. The lowest BCUT2D eigenvalue weighted by molar-refractivity contribution is 0.184. The van der Waals surface area contributed by atoms with Crippen LogP contribution in [0, 0.1) is 0 Å². The Hall–Kier alpha value is -0.900. The summed E-state index contributed by atoms with van der Waals surface area (Å²) in [5.41, 5.74) is 2.42. The average molecular weight is 195 g/mol. The van der Waals surface area contributed by atoms with Gasteiger partial charge in [0.15, 0.2) is 0 Å². The van der Waals surface area contributed by atoms with E-state index in [4.69, 9.17) is 9.84 Å². The highest BCUT2D eigenvalue weighted by Gasteiger charge is 1.99. The zero-order valence-electron chi connectivity index (χ0n) is 8.49. The van der Waals surface area contributed by atoms with E-state index in [0.29, 0.717) is 13.2 Å². The Balaban J connectivity index is 2.55. The fourth-order valence-electron chi connectivity index (χ4n) is 1.33. The van der Waals surface area contributed by atoms with Crippen molar-refractivity contribution >= 4 is 0 Å². The first-order valence-electron chi connectivity index (χ1n) is 4.75. The van der Waals surface area contributed by atoms with Gasteiger partial charge < -0.3 is 15.2 Å². The van der Waals surface area contributed by atoms with Gasteiger partial charge in [-0.25, -0.2) is 0 Å². The molecule has 0 bridgehead atoms. The smallest absolute Gasteiger partial charge is 0.0716 e. The molecule has 0 saturated heterocycles. The molecular weight excluding hydrogens is 178 g/mol. The van der Waals surface area contributed by atoms with Crippen molar-refractivity contribution in [3.05, 3.63) is 35.4 Å². The van der Waals surface area contributed by atoms with Crippen molar-refractivity contribution in [2.45, 2.75) is 13.2 Å². The van der Waals surface area contributed by atoms with Gasteiger partial charge in [-0.05, 0) is 11.1 Å². The van der Waals surface area contributed by atoms with Crippen molar-refractivity contribution in [1.29, 1.82) is 0 Å². The molecule has 0 fully saturated rings. The molecule has 1 rings (SSSR count). The largest absolute Gasteiger partial charge is 0.395 e. The molecule has 1 aromatic rings. The van der Waals surface area contributed by atoms with Crippen LogP contribution in [0.15, 0.2) is 24.3 Å². The molecule has 3 nitrogen and oxygen atoms in total. The molecule has 0 aliphatic rings. The van der Waals surface area contributed by atoms with E-state index >= 15 is 0 Å².